The first-order valence-electron chi connectivity index (χ1n) is 11.7. The van der Waals surface area contributed by atoms with Gasteiger partial charge in [-0.15, -0.1) is 11.6 Å². The standard InChI is InChI=1S/C26H32Cl2F3NO/c1-3-5-12-32(13-6-4-2)14-11-24(33)25(28)17-20(27)16-22-21-15-19(26(29,30)31)9-7-18(21)8-10-23(22)25/h7-10,15-16,24,33H,3-6,11-14,17H2,1-2H3. The van der Waals surface area contributed by atoms with Crippen LogP contribution in [0.5, 0.6) is 0 Å². The van der Waals surface area contributed by atoms with Crippen molar-refractivity contribution in [1.82, 2.24) is 4.90 Å². The molecule has 33 heavy (non-hydrogen) atoms. The van der Waals surface area contributed by atoms with E-state index < -0.39 is 22.7 Å². The normalized spacial score (nSPS) is 19.6. The van der Waals surface area contributed by atoms with Gasteiger partial charge in [0.2, 0.25) is 0 Å². The number of unbranched alkanes of at least 4 members (excludes halogenated alkanes) is 2. The average molecular weight is 502 g/mol. The van der Waals surface area contributed by atoms with Gasteiger partial charge in [0.05, 0.1) is 11.7 Å². The molecule has 182 valence electrons. The van der Waals surface area contributed by atoms with E-state index in [9.17, 15) is 18.3 Å². The van der Waals surface area contributed by atoms with Gasteiger partial charge in [-0.2, -0.15) is 13.2 Å². The zero-order valence-electron chi connectivity index (χ0n) is 19.2. The summed E-state index contributed by atoms with van der Waals surface area (Å²) in [6, 6.07) is 7.25. The second-order valence-electron chi connectivity index (χ2n) is 8.94. The molecule has 0 aliphatic heterocycles. The molecule has 7 heteroatoms. The highest BCUT2D eigenvalue weighted by atomic mass is 35.5. The summed E-state index contributed by atoms with van der Waals surface area (Å²) in [5, 5.41) is 12.8. The summed E-state index contributed by atoms with van der Waals surface area (Å²) < 4.78 is 40.0. The molecule has 2 atom stereocenters. The molecule has 2 unspecified atom stereocenters. The Balaban J connectivity index is 1.92. The SMILES string of the molecule is CCCCN(CCCC)CCC(O)C1(Cl)CC(Cl)=Cc2c1ccc1ccc(C(F)(F)F)cc21. The molecule has 2 aromatic rings. The van der Waals surface area contributed by atoms with Crippen LogP contribution in [-0.4, -0.2) is 35.7 Å². The zero-order chi connectivity index (χ0) is 24.2. The molecule has 1 aliphatic carbocycles. The van der Waals surface area contributed by atoms with Crippen LogP contribution in [0.25, 0.3) is 16.8 Å². The van der Waals surface area contributed by atoms with Crippen LogP contribution in [0.15, 0.2) is 35.4 Å². The third-order valence-electron chi connectivity index (χ3n) is 6.47. The Morgan fingerprint density at radius 2 is 1.70 bits per heavy atom. The molecular weight excluding hydrogens is 470 g/mol. The smallest absolute Gasteiger partial charge is 0.391 e. The number of aliphatic hydroxyl groups excluding tert-OH is 1. The van der Waals surface area contributed by atoms with Crippen LogP contribution in [0.4, 0.5) is 13.2 Å². The lowest BCUT2D eigenvalue weighted by molar-refractivity contribution is -0.137. The van der Waals surface area contributed by atoms with E-state index in [-0.39, 0.29) is 6.42 Å². The number of hydrogen-bond acceptors (Lipinski definition) is 2. The molecule has 0 saturated heterocycles. The molecule has 3 rings (SSSR count). The van der Waals surface area contributed by atoms with Crippen LogP contribution in [0.1, 0.15) is 69.1 Å². The summed E-state index contributed by atoms with van der Waals surface area (Å²) >= 11 is 13.5. The number of aliphatic hydroxyl groups is 1. The van der Waals surface area contributed by atoms with Crippen LogP contribution < -0.4 is 0 Å². The number of allylic oxidation sites excluding steroid dienone is 1. The fraction of sp³-hybridized carbons (Fsp3) is 0.538. The van der Waals surface area contributed by atoms with Gasteiger partial charge < -0.3 is 10.0 Å². The molecule has 0 aromatic heterocycles. The minimum absolute atomic E-state index is 0.235. The fourth-order valence-corrected chi connectivity index (χ4v) is 5.32. The predicted molar refractivity (Wildman–Crippen MR) is 132 cm³/mol. The number of nitrogens with zero attached hydrogens (tertiary/aromatic N) is 1. The Hall–Kier alpha value is -1.27. The zero-order valence-corrected chi connectivity index (χ0v) is 20.7. The molecular formula is C26H32Cl2F3NO. The third kappa shape index (κ3) is 6.05. The minimum atomic E-state index is -4.45. The van der Waals surface area contributed by atoms with Crippen molar-refractivity contribution in [3.8, 4) is 0 Å². The second-order valence-corrected chi connectivity index (χ2v) is 10.1. The van der Waals surface area contributed by atoms with Crippen LogP contribution in [-0.2, 0) is 11.1 Å². The van der Waals surface area contributed by atoms with E-state index in [1.54, 1.807) is 12.1 Å². The van der Waals surface area contributed by atoms with Gasteiger partial charge >= 0.3 is 6.18 Å². The number of fused-ring (bicyclic) bond motifs is 3. The van der Waals surface area contributed by atoms with Crippen molar-refractivity contribution in [2.45, 2.75) is 69.5 Å². The first-order valence-corrected chi connectivity index (χ1v) is 12.5. The molecule has 0 bridgehead atoms. The molecule has 0 fully saturated rings. The van der Waals surface area contributed by atoms with Gasteiger partial charge in [-0.05, 0) is 72.5 Å². The van der Waals surface area contributed by atoms with E-state index in [0.717, 1.165) is 50.9 Å². The van der Waals surface area contributed by atoms with Crippen molar-refractivity contribution in [3.63, 3.8) is 0 Å². The van der Waals surface area contributed by atoms with Crippen molar-refractivity contribution in [2.24, 2.45) is 0 Å². The van der Waals surface area contributed by atoms with Crippen LogP contribution in [0, 0.1) is 0 Å². The Morgan fingerprint density at radius 1 is 1.06 bits per heavy atom. The lowest BCUT2D eigenvalue weighted by atomic mass is 9.79. The van der Waals surface area contributed by atoms with Crippen LogP contribution in [0.3, 0.4) is 0 Å². The van der Waals surface area contributed by atoms with Crippen molar-refractivity contribution < 1.29 is 18.3 Å². The third-order valence-corrected chi connectivity index (χ3v) is 7.30. The monoisotopic (exact) mass is 501 g/mol. The Labute approximate surface area is 204 Å². The van der Waals surface area contributed by atoms with Crippen molar-refractivity contribution >= 4 is 40.1 Å². The van der Waals surface area contributed by atoms with E-state index in [2.05, 4.69) is 18.7 Å². The maximum absolute atomic E-state index is 13.3. The quantitative estimate of drug-likeness (QED) is 0.334. The van der Waals surface area contributed by atoms with Crippen LogP contribution >= 0.6 is 23.2 Å². The van der Waals surface area contributed by atoms with E-state index in [4.69, 9.17) is 23.2 Å². The fourth-order valence-electron chi connectivity index (χ4n) is 4.52. The van der Waals surface area contributed by atoms with Gasteiger partial charge in [-0.3, -0.25) is 0 Å². The summed E-state index contributed by atoms with van der Waals surface area (Å²) in [5.74, 6) is 0. The second kappa shape index (κ2) is 11.0. The maximum atomic E-state index is 13.3. The van der Waals surface area contributed by atoms with Gasteiger partial charge in [0, 0.05) is 18.0 Å². The Bertz CT molecular complexity index is 983. The largest absolute Gasteiger partial charge is 0.416 e. The number of alkyl halides is 4. The summed E-state index contributed by atoms with van der Waals surface area (Å²) in [6.07, 6.45) is 1.43. The van der Waals surface area contributed by atoms with Crippen molar-refractivity contribution in [3.05, 3.63) is 52.1 Å². The topological polar surface area (TPSA) is 23.5 Å². The van der Waals surface area contributed by atoms with E-state index in [1.165, 1.54) is 6.07 Å². The molecule has 0 radical (unpaired) electrons. The highest BCUT2D eigenvalue weighted by Crippen LogP contribution is 2.49. The highest BCUT2D eigenvalue weighted by Gasteiger charge is 2.42. The Kier molecular flexibility index (Phi) is 8.77. The van der Waals surface area contributed by atoms with Crippen molar-refractivity contribution in [1.29, 1.82) is 0 Å². The van der Waals surface area contributed by atoms with Crippen LogP contribution in [0.2, 0.25) is 0 Å². The number of halogens is 5. The Morgan fingerprint density at radius 3 is 2.30 bits per heavy atom. The molecule has 2 nitrogen and oxygen atoms in total. The van der Waals surface area contributed by atoms with E-state index >= 15 is 0 Å². The van der Waals surface area contributed by atoms with Gasteiger partial charge in [0.1, 0.15) is 4.87 Å². The first-order chi connectivity index (χ1) is 15.6. The molecule has 1 N–H and O–H groups in total. The number of benzene rings is 2. The summed E-state index contributed by atoms with van der Waals surface area (Å²) in [4.78, 5) is 1.17. The molecule has 1 aliphatic rings. The van der Waals surface area contributed by atoms with E-state index in [1.807, 2.05) is 6.07 Å². The number of hydrogen-bond donors (Lipinski definition) is 1. The predicted octanol–water partition coefficient (Wildman–Crippen LogP) is 7.93. The lowest BCUT2D eigenvalue weighted by Gasteiger charge is -2.37. The lowest BCUT2D eigenvalue weighted by Crippen LogP contribution is -2.39. The summed E-state index contributed by atoms with van der Waals surface area (Å²) in [7, 11) is 0. The summed E-state index contributed by atoms with van der Waals surface area (Å²) in [5.41, 5.74) is 0.459. The maximum Gasteiger partial charge on any atom is 0.416 e. The first kappa shape index (κ1) is 26.3. The molecule has 2 aromatic carbocycles. The summed E-state index contributed by atoms with van der Waals surface area (Å²) in [6.45, 7) is 6.96. The van der Waals surface area contributed by atoms with Gasteiger partial charge in [-0.25, -0.2) is 0 Å². The van der Waals surface area contributed by atoms with Gasteiger partial charge in [0.25, 0.3) is 0 Å². The van der Waals surface area contributed by atoms with Gasteiger partial charge in [-0.1, -0.05) is 56.5 Å². The molecule has 0 spiro atoms. The highest BCUT2D eigenvalue weighted by molar-refractivity contribution is 6.34. The van der Waals surface area contributed by atoms with Gasteiger partial charge in [0.15, 0.2) is 0 Å². The molecule has 0 amide bonds. The van der Waals surface area contributed by atoms with Crippen molar-refractivity contribution in [2.75, 3.05) is 19.6 Å². The molecule has 0 saturated carbocycles. The minimum Gasteiger partial charge on any atom is -0.391 e. The molecule has 0 heterocycles. The number of rotatable bonds is 10. The van der Waals surface area contributed by atoms with E-state index in [0.29, 0.717) is 39.9 Å². The average Bonchev–Trinajstić information content (AvgIpc) is 2.77.